The molecule has 2 rings (SSSR count). The lowest BCUT2D eigenvalue weighted by atomic mass is 9.93. The molecule has 1 saturated heterocycles. The Balaban J connectivity index is 1.83. The van der Waals surface area contributed by atoms with Gasteiger partial charge in [0.1, 0.15) is 12.6 Å². The minimum absolute atomic E-state index is 0.0780. The Morgan fingerprint density at radius 3 is 2.70 bits per heavy atom. The van der Waals surface area contributed by atoms with Crippen molar-refractivity contribution in [1.29, 1.82) is 0 Å². The monoisotopic (exact) mass is 281 g/mol. The second-order valence-electron chi connectivity index (χ2n) is 5.57. The van der Waals surface area contributed by atoms with Crippen LogP contribution in [0.15, 0.2) is 0 Å². The van der Waals surface area contributed by atoms with E-state index >= 15 is 0 Å². The van der Waals surface area contributed by atoms with Crippen molar-refractivity contribution < 1.29 is 19.1 Å². The van der Waals surface area contributed by atoms with Crippen LogP contribution < -0.4 is 11.1 Å². The molecule has 1 radical (unpaired) electrons. The quantitative estimate of drug-likeness (QED) is 0.738. The average Bonchev–Trinajstić information content (AvgIpc) is 2.91. The summed E-state index contributed by atoms with van der Waals surface area (Å²) in [4.78, 5) is 34.9. The van der Waals surface area contributed by atoms with E-state index in [1.807, 2.05) is 0 Å². The van der Waals surface area contributed by atoms with Gasteiger partial charge in [0.25, 0.3) is 0 Å². The third kappa shape index (κ3) is 3.79. The Morgan fingerprint density at radius 2 is 2.05 bits per heavy atom. The number of nitrogens with two attached hydrogens (primary N) is 1. The first-order valence-electron chi connectivity index (χ1n) is 7.11. The largest absolute Gasteiger partial charge is 0.373 e. The SMILES string of the molecule is NC(=O)C1COCC(=O)[C@H]1NC(=O)[CH]CC1CCCC1. The van der Waals surface area contributed by atoms with Gasteiger partial charge in [0.2, 0.25) is 11.8 Å². The molecule has 0 aromatic rings. The van der Waals surface area contributed by atoms with Crippen LogP contribution in [-0.2, 0) is 19.1 Å². The lowest BCUT2D eigenvalue weighted by Crippen LogP contribution is -2.55. The van der Waals surface area contributed by atoms with Crippen LogP contribution in [0.3, 0.4) is 0 Å². The molecular weight excluding hydrogens is 260 g/mol. The highest BCUT2D eigenvalue weighted by Gasteiger charge is 2.37. The molecule has 6 heteroatoms. The maximum absolute atomic E-state index is 11.9. The zero-order chi connectivity index (χ0) is 14.5. The predicted octanol–water partition coefficient (Wildman–Crippen LogP) is -0.0434. The summed E-state index contributed by atoms with van der Waals surface area (Å²) >= 11 is 0. The summed E-state index contributed by atoms with van der Waals surface area (Å²) in [6.45, 7) is -0.00794. The van der Waals surface area contributed by atoms with Crippen LogP contribution in [0, 0.1) is 18.3 Å². The standard InChI is InChI=1S/C14H21N2O4/c15-14(19)10-7-20-8-11(17)13(10)16-12(18)6-5-9-3-1-2-4-9/h6,9-10,13H,1-5,7-8H2,(H2,15,19)(H,16,18)/t10?,13-/m0/s1. The summed E-state index contributed by atoms with van der Waals surface area (Å²) in [6.07, 6.45) is 7.07. The summed E-state index contributed by atoms with van der Waals surface area (Å²) in [6, 6.07) is -0.853. The third-order valence-electron chi connectivity index (χ3n) is 4.07. The second kappa shape index (κ2) is 6.83. The number of hydrogen-bond donors (Lipinski definition) is 2. The average molecular weight is 281 g/mol. The fourth-order valence-corrected chi connectivity index (χ4v) is 2.86. The van der Waals surface area contributed by atoms with Crippen LogP contribution in [-0.4, -0.2) is 36.9 Å². The number of ether oxygens (including phenoxy) is 1. The first kappa shape index (κ1) is 15.0. The molecule has 20 heavy (non-hydrogen) atoms. The minimum atomic E-state index is -0.853. The number of nitrogens with one attached hydrogen (secondary N) is 1. The molecule has 2 atom stereocenters. The molecule has 1 aliphatic carbocycles. The zero-order valence-corrected chi connectivity index (χ0v) is 11.5. The smallest absolute Gasteiger partial charge is 0.225 e. The third-order valence-corrected chi connectivity index (χ3v) is 4.07. The normalized spacial score (nSPS) is 27.5. The van der Waals surface area contributed by atoms with Gasteiger partial charge in [0, 0.05) is 6.42 Å². The van der Waals surface area contributed by atoms with Gasteiger partial charge in [-0.3, -0.25) is 14.4 Å². The maximum Gasteiger partial charge on any atom is 0.225 e. The number of rotatable bonds is 5. The van der Waals surface area contributed by atoms with E-state index in [2.05, 4.69) is 5.32 Å². The molecule has 3 N–H and O–H groups in total. The lowest BCUT2D eigenvalue weighted by molar-refractivity contribution is -0.143. The summed E-state index contributed by atoms with van der Waals surface area (Å²) in [5, 5.41) is 2.60. The van der Waals surface area contributed by atoms with Crippen LogP contribution in [0.25, 0.3) is 0 Å². The number of carbonyl (C=O) groups excluding carboxylic acids is 3. The van der Waals surface area contributed by atoms with E-state index in [9.17, 15) is 14.4 Å². The zero-order valence-electron chi connectivity index (χ0n) is 11.5. The van der Waals surface area contributed by atoms with E-state index < -0.39 is 17.9 Å². The van der Waals surface area contributed by atoms with Crippen molar-refractivity contribution in [1.82, 2.24) is 5.32 Å². The summed E-state index contributed by atoms with van der Waals surface area (Å²) < 4.78 is 5.00. The molecule has 1 aliphatic heterocycles. The Bertz CT molecular complexity index is 391. The molecule has 111 valence electrons. The van der Waals surface area contributed by atoms with Gasteiger partial charge >= 0.3 is 0 Å². The van der Waals surface area contributed by atoms with E-state index in [0.29, 0.717) is 5.92 Å². The van der Waals surface area contributed by atoms with Crippen molar-refractivity contribution in [3.8, 4) is 0 Å². The van der Waals surface area contributed by atoms with Gasteiger partial charge < -0.3 is 15.8 Å². The second-order valence-corrected chi connectivity index (χ2v) is 5.57. The molecule has 0 aromatic carbocycles. The van der Waals surface area contributed by atoms with E-state index in [-0.39, 0.29) is 24.9 Å². The van der Waals surface area contributed by atoms with Crippen LogP contribution in [0.5, 0.6) is 0 Å². The number of primary amides is 1. The molecule has 1 unspecified atom stereocenters. The van der Waals surface area contributed by atoms with Gasteiger partial charge in [0.15, 0.2) is 5.78 Å². The number of ketones is 1. The van der Waals surface area contributed by atoms with Crippen molar-refractivity contribution in [2.75, 3.05) is 13.2 Å². The number of hydrogen-bond acceptors (Lipinski definition) is 4. The molecule has 0 bridgehead atoms. The van der Waals surface area contributed by atoms with Crippen molar-refractivity contribution >= 4 is 17.6 Å². The Labute approximate surface area is 118 Å². The highest BCUT2D eigenvalue weighted by Crippen LogP contribution is 2.28. The molecule has 1 heterocycles. The van der Waals surface area contributed by atoms with Gasteiger partial charge in [-0.2, -0.15) is 0 Å². The highest BCUT2D eigenvalue weighted by atomic mass is 16.5. The van der Waals surface area contributed by atoms with Gasteiger partial charge in [0.05, 0.1) is 12.5 Å². The number of Topliss-reactive ketones (excluding diaryl/α,β-unsaturated/α-hetero) is 1. The first-order chi connectivity index (χ1) is 9.58. The van der Waals surface area contributed by atoms with E-state index in [0.717, 1.165) is 19.3 Å². The van der Waals surface area contributed by atoms with Crippen LogP contribution >= 0.6 is 0 Å². The summed E-state index contributed by atoms with van der Waals surface area (Å²) in [7, 11) is 0. The van der Waals surface area contributed by atoms with Gasteiger partial charge in [-0.1, -0.05) is 25.7 Å². The highest BCUT2D eigenvalue weighted by molar-refractivity contribution is 5.97. The predicted molar refractivity (Wildman–Crippen MR) is 71.3 cm³/mol. The topological polar surface area (TPSA) is 98.5 Å². The van der Waals surface area contributed by atoms with Gasteiger partial charge in [-0.15, -0.1) is 0 Å². The Morgan fingerprint density at radius 1 is 1.35 bits per heavy atom. The molecular formula is C14H21N2O4. The fourth-order valence-electron chi connectivity index (χ4n) is 2.86. The number of carbonyl (C=O) groups is 3. The fraction of sp³-hybridized carbons (Fsp3) is 0.714. The Kier molecular flexibility index (Phi) is 5.11. The van der Waals surface area contributed by atoms with Crippen molar-refractivity contribution in [2.45, 2.75) is 38.1 Å². The van der Waals surface area contributed by atoms with Crippen LogP contribution in [0.4, 0.5) is 0 Å². The summed E-state index contributed by atoms with van der Waals surface area (Å²) in [5.74, 6) is -1.44. The molecule has 2 fully saturated rings. The van der Waals surface area contributed by atoms with Gasteiger partial charge in [-0.05, 0) is 12.3 Å². The molecule has 0 spiro atoms. The molecule has 6 nitrogen and oxygen atoms in total. The van der Waals surface area contributed by atoms with Crippen LogP contribution in [0.1, 0.15) is 32.1 Å². The van der Waals surface area contributed by atoms with Crippen LogP contribution in [0.2, 0.25) is 0 Å². The van der Waals surface area contributed by atoms with E-state index in [1.165, 1.54) is 12.8 Å². The van der Waals surface area contributed by atoms with Gasteiger partial charge in [-0.25, -0.2) is 0 Å². The molecule has 2 aliphatic rings. The first-order valence-corrected chi connectivity index (χ1v) is 7.11. The Hall–Kier alpha value is -1.43. The van der Waals surface area contributed by atoms with E-state index in [4.69, 9.17) is 10.5 Å². The number of amides is 2. The molecule has 1 saturated carbocycles. The molecule has 0 aromatic heterocycles. The molecule has 2 amide bonds. The lowest BCUT2D eigenvalue weighted by Gasteiger charge is -2.28. The van der Waals surface area contributed by atoms with Crippen molar-refractivity contribution in [2.24, 2.45) is 17.6 Å². The van der Waals surface area contributed by atoms with Crippen molar-refractivity contribution in [3.63, 3.8) is 0 Å². The van der Waals surface area contributed by atoms with E-state index in [1.54, 1.807) is 6.42 Å². The maximum atomic E-state index is 11.9. The minimum Gasteiger partial charge on any atom is -0.373 e. The van der Waals surface area contributed by atoms with Crippen molar-refractivity contribution in [3.05, 3.63) is 6.42 Å². The summed E-state index contributed by atoms with van der Waals surface area (Å²) in [5.41, 5.74) is 5.24.